The summed E-state index contributed by atoms with van der Waals surface area (Å²) in [5.74, 6) is 0. The highest BCUT2D eigenvalue weighted by Crippen LogP contribution is 2.16. The van der Waals surface area contributed by atoms with Gasteiger partial charge in [0, 0.05) is 19.7 Å². The Hall–Kier alpha value is -0.810. The molecule has 0 aromatic carbocycles. The minimum Gasteiger partial charge on any atom is -0.427 e. The highest BCUT2D eigenvalue weighted by Gasteiger charge is 2.25. The van der Waals surface area contributed by atoms with Crippen LogP contribution in [0.2, 0.25) is 0 Å². The fourth-order valence-electron chi connectivity index (χ4n) is 2.07. The summed E-state index contributed by atoms with van der Waals surface area (Å²) >= 11 is 0. The molecule has 1 rings (SSSR count). The SMILES string of the molecule is CCCCCOC1CCN(OC(=O)OC(C)(C)C)CC1. The summed E-state index contributed by atoms with van der Waals surface area (Å²) in [5.41, 5.74) is -0.516. The Kier molecular flexibility index (Phi) is 7.30. The maximum absolute atomic E-state index is 11.5. The fourth-order valence-corrected chi connectivity index (χ4v) is 2.07. The molecule has 0 aliphatic carbocycles. The van der Waals surface area contributed by atoms with Crippen LogP contribution in [-0.2, 0) is 14.3 Å². The first-order valence-electron chi connectivity index (χ1n) is 7.68. The third-order valence-corrected chi connectivity index (χ3v) is 3.10. The van der Waals surface area contributed by atoms with E-state index in [1.165, 1.54) is 12.8 Å². The number of rotatable bonds is 6. The van der Waals surface area contributed by atoms with Crippen LogP contribution in [0.25, 0.3) is 0 Å². The maximum atomic E-state index is 11.5. The molecule has 1 aliphatic rings. The van der Waals surface area contributed by atoms with Crippen LogP contribution in [0.5, 0.6) is 0 Å². The predicted molar refractivity (Wildman–Crippen MR) is 77.4 cm³/mol. The molecule has 1 fully saturated rings. The Morgan fingerprint density at radius 1 is 1.20 bits per heavy atom. The van der Waals surface area contributed by atoms with Gasteiger partial charge in [0.1, 0.15) is 5.60 Å². The van der Waals surface area contributed by atoms with Gasteiger partial charge in [0.2, 0.25) is 0 Å². The zero-order valence-electron chi connectivity index (χ0n) is 13.3. The van der Waals surface area contributed by atoms with Crippen LogP contribution in [0.15, 0.2) is 0 Å². The van der Waals surface area contributed by atoms with Crippen molar-refractivity contribution < 1.29 is 19.1 Å². The van der Waals surface area contributed by atoms with Gasteiger partial charge in [-0.2, -0.15) is 0 Å². The molecular formula is C15H29NO4. The molecular weight excluding hydrogens is 258 g/mol. The van der Waals surface area contributed by atoms with Crippen LogP contribution in [-0.4, -0.2) is 42.6 Å². The summed E-state index contributed by atoms with van der Waals surface area (Å²) in [6.45, 7) is 9.91. The van der Waals surface area contributed by atoms with Crippen molar-refractivity contribution >= 4 is 6.16 Å². The van der Waals surface area contributed by atoms with E-state index in [2.05, 4.69) is 6.92 Å². The number of piperidine rings is 1. The third-order valence-electron chi connectivity index (χ3n) is 3.10. The molecule has 0 atom stereocenters. The van der Waals surface area contributed by atoms with E-state index in [1.807, 2.05) is 20.8 Å². The number of hydroxylamine groups is 2. The summed E-state index contributed by atoms with van der Waals surface area (Å²) in [6, 6.07) is 0. The number of carbonyl (C=O) groups is 1. The molecule has 0 aromatic heterocycles. The number of carbonyl (C=O) groups excluding carboxylic acids is 1. The van der Waals surface area contributed by atoms with E-state index >= 15 is 0 Å². The molecule has 0 saturated carbocycles. The maximum Gasteiger partial charge on any atom is 0.528 e. The first kappa shape index (κ1) is 17.2. The molecule has 0 aromatic rings. The average molecular weight is 287 g/mol. The van der Waals surface area contributed by atoms with Gasteiger partial charge in [-0.15, -0.1) is 5.06 Å². The lowest BCUT2D eigenvalue weighted by Crippen LogP contribution is -2.39. The van der Waals surface area contributed by atoms with E-state index < -0.39 is 11.8 Å². The summed E-state index contributed by atoms with van der Waals surface area (Å²) in [6.07, 6.45) is 5.03. The number of ether oxygens (including phenoxy) is 2. The second kappa shape index (κ2) is 8.47. The molecule has 5 nitrogen and oxygen atoms in total. The van der Waals surface area contributed by atoms with Crippen molar-refractivity contribution in [3.05, 3.63) is 0 Å². The summed E-state index contributed by atoms with van der Waals surface area (Å²) in [4.78, 5) is 16.7. The highest BCUT2D eigenvalue weighted by molar-refractivity contribution is 5.60. The summed E-state index contributed by atoms with van der Waals surface area (Å²) < 4.78 is 10.9. The van der Waals surface area contributed by atoms with Crippen LogP contribution in [0.3, 0.4) is 0 Å². The van der Waals surface area contributed by atoms with Gasteiger partial charge in [-0.05, 0) is 40.0 Å². The molecule has 0 amide bonds. The Balaban J connectivity index is 2.14. The monoisotopic (exact) mass is 287 g/mol. The molecule has 118 valence electrons. The van der Waals surface area contributed by atoms with Gasteiger partial charge >= 0.3 is 6.16 Å². The molecule has 0 spiro atoms. The zero-order chi connectivity index (χ0) is 15.0. The Labute approximate surface area is 122 Å². The third kappa shape index (κ3) is 7.70. The van der Waals surface area contributed by atoms with Crippen molar-refractivity contribution in [3.63, 3.8) is 0 Å². The van der Waals surface area contributed by atoms with Crippen LogP contribution in [0.1, 0.15) is 59.8 Å². The molecule has 5 heteroatoms. The Morgan fingerprint density at radius 2 is 1.85 bits per heavy atom. The van der Waals surface area contributed by atoms with Crippen molar-refractivity contribution in [2.24, 2.45) is 0 Å². The minimum absolute atomic E-state index is 0.297. The first-order valence-corrected chi connectivity index (χ1v) is 7.68. The molecule has 1 heterocycles. The highest BCUT2D eigenvalue weighted by atomic mass is 16.8. The molecule has 1 aliphatic heterocycles. The molecule has 0 radical (unpaired) electrons. The van der Waals surface area contributed by atoms with Gasteiger partial charge in [-0.3, -0.25) is 0 Å². The average Bonchev–Trinajstić information content (AvgIpc) is 2.34. The van der Waals surface area contributed by atoms with Crippen molar-refractivity contribution in [1.82, 2.24) is 5.06 Å². The fraction of sp³-hybridized carbons (Fsp3) is 0.933. The lowest BCUT2D eigenvalue weighted by atomic mass is 10.1. The molecule has 1 saturated heterocycles. The van der Waals surface area contributed by atoms with E-state index in [9.17, 15) is 4.79 Å². The minimum atomic E-state index is -0.625. The van der Waals surface area contributed by atoms with Crippen molar-refractivity contribution in [1.29, 1.82) is 0 Å². The van der Waals surface area contributed by atoms with Crippen LogP contribution in [0.4, 0.5) is 4.79 Å². The molecule has 0 unspecified atom stereocenters. The van der Waals surface area contributed by atoms with Crippen LogP contribution in [0, 0.1) is 0 Å². The van der Waals surface area contributed by atoms with Gasteiger partial charge in [-0.1, -0.05) is 19.8 Å². The molecule has 20 heavy (non-hydrogen) atoms. The van der Waals surface area contributed by atoms with Crippen LogP contribution < -0.4 is 0 Å². The normalized spacial score (nSPS) is 18.0. The lowest BCUT2D eigenvalue weighted by Gasteiger charge is -2.31. The van der Waals surface area contributed by atoms with E-state index in [0.717, 1.165) is 25.9 Å². The van der Waals surface area contributed by atoms with Gasteiger partial charge < -0.3 is 14.3 Å². The zero-order valence-corrected chi connectivity index (χ0v) is 13.3. The van der Waals surface area contributed by atoms with Crippen molar-refractivity contribution in [2.45, 2.75) is 71.5 Å². The van der Waals surface area contributed by atoms with Crippen LogP contribution >= 0.6 is 0 Å². The number of hydrogen-bond donors (Lipinski definition) is 0. The van der Waals surface area contributed by atoms with Crippen molar-refractivity contribution in [3.8, 4) is 0 Å². The smallest absolute Gasteiger partial charge is 0.427 e. The summed E-state index contributed by atoms with van der Waals surface area (Å²) in [7, 11) is 0. The van der Waals surface area contributed by atoms with E-state index in [-0.39, 0.29) is 0 Å². The number of hydrogen-bond acceptors (Lipinski definition) is 5. The second-order valence-corrected chi connectivity index (χ2v) is 6.26. The topological polar surface area (TPSA) is 48.0 Å². The molecule has 0 bridgehead atoms. The van der Waals surface area contributed by atoms with Gasteiger partial charge in [0.15, 0.2) is 0 Å². The first-order chi connectivity index (χ1) is 9.40. The standard InChI is InChI=1S/C15H29NO4/c1-5-6-7-12-18-13-8-10-16(11-9-13)20-14(17)19-15(2,3)4/h13H,5-12H2,1-4H3. The second-order valence-electron chi connectivity index (χ2n) is 6.26. The van der Waals surface area contributed by atoms with Gasteiger partial charge in [0.25, 0.3) is 0 Å². The van der Waals surface area contributed by atoms with E-state index in [4.69, 9.17) is 14.3 Å². The Bertz CT molecular complexity index is 280. The van der Waals surface area contributed by atoms with Gasteiger partial charge in [0.05, 0.1) is 6.10 Å². The van der Waals surface area contributed by atoms with E-state index in [1.54, 1.807) is 5.06 Å². The van der Waals surface area contributed by atoms with E-state index in [0.29, 0.717) is 19.2 Å². The van der Waals surface area contributed by atoms with Crippen molar-refractivity contribution in [2.75, 3.05) is 19.7 Å². The predicted octanol–water partition coefficient (Wildman–Crippen LogP) is 3.52. The largest absolute Gasteiger partial charge is 0.528 e. The summed E-state index contributed by atoms with van der Waals surface area (Å²) in [5, 5.41) is 1.67. The number of nitrogens with zero attached hydrogens (tertiary/aromatic N) is 1. The quantitative estimate of drug-likeness (QED) is 0.552. The Morgan fingerprint density at radius 3 is 2.40 bits per heavy atom. The van der Waals surface area contributed by atoms with Gasteiger partial charge in [-0.25, -0.2) is 4.79 Å². The molecule has 0 N–H and O–H groups in total. The lowest BCUT2D eigenvalue weighted by molar-refractivity contribution is -0.164. The number of unbranched alkanes of at least 4 members (excludes halogenated alkanes) is 2.